The molecule has 1 saturated heterocycles. The summed E-state index contributed by atoms with van der Waals surface area (Å²) in [5.74, 6) is -1.03. The Kier molecular flexibility index (Phi) is 3.82. The largest absolute Gasteiger partial charge is 0.421 e. The minimum absolute atomic E-state index is 0.0437. The number of nitrogens with one attached hydrogen (secondary N) is 1. The molecule has 1 amide bonds. The van der Waals surface area contributed by atoms with Crippen molar-refractivity contribution in [3.63, 3.8) is 0 Å². The highest BCUT2D eigenvalue weighted by Crippen LogP contribution is 2.31. The molecule has 1 N–H and O–H groups in total. The number of oxazole rings is 1. The molecule has 1 aliphatic heterocycles. The lowest BCUT2D eigenvalue weighted by atomic mass is 10.2. The molecule has 3 aromatic heterocycles. The second-order valence-corrected chi connectivity index (χ2v) is 6.28. The second-order valence-electron chi connectivity index (χ2n) is 5.27. The lowest BCUT2D eigenvalue weighted by molar-refractivity contribution is -0.116. The van der Waals surface area contributed by atoms with Crippen LogP contribution in [0, 0.1) is 0 Å². The third kappa shape index (κ3) is 2.81. The van der Waals surface area contributed by atoms with Gasteiger partial charge in [-0.3, -0.25) is 10.1 Å². The minimum atomic E-state index is -0.629. The lowest BCUT2D eigenvalue weighted by Gasteiger charge is -2.03. The summed E-state index contributed by atoms with van der Waals surface area (Å²) in [7, 11) is 0. The maximum atomic E-state index is 12.2. The Balaban J connectivity index is 1.48. The Labute approximate surface area is 139 Å². The summed E-state index contributed by atoms with van der Waals surface area (Å²) in [5, 5.41) is 11.7. The zero-order valence-electron chi connectivity index (χ0n) is 12.5. The second kappa shape index (κ2) is 6.13. The molecule has 1 aliphatic rings. The van der Waals surface area contributed by atoms with Crippen molar-refractivity contribution in [1.29, 1.82) is 0 Å². The van der Waals surface area contributed by atoms with Crippen molar-refractivity contribution in [2.24, 2.45) is 0 Å². The van der Waals surface area contributed by atoms with Gasteiger partial charge in [0.1, 0.15) is 17.7 Å². The van der Waals surface area contributed by atoms with Gasteiger partial charge in [-0.2, -0.15) is 0 Å². The van der Waals surface area contributed by atoms with Crippen LogP contribution in [0.5, 0.6) is 0 Å². The molecule has 4 heterocycles. The van der Waals surface area contributed by atoms with E-state index in [9.17, 15) is 9.59 Å². The van der Waals surface area contributed by atoms with Gasteiger partial charge in [0.2, 0.25) is 11.0 Å². The molecule has 24 heavy (non-hydrogen) atoms. The summed E-state index contributed by atoms with van der Waals surface area (Å²) < 4.78 is 11.8. The molecule has 0 spiro atoms. The topological polar surface area (TPSA) is 112 Å². The number of fused-ring (bicyclic) bond motifs is 1. The number of aromatic nitrogens is 4. The molecule has 1 fully saturated rings. The number of carbonyl (C=O) groups excluding carboxylic acids is 1. The van der Waals surface area contributed by atoms with Crippen LogP contribution in [0.2, 0.25) is 0 Å². The highest BCUT2D eigenvalue weighted by Gasteiger charge is 2.22. The van der Waals surface area contributed by atoms with Crippen molar-refractivity contribution in [3.05, 3.63) is 33.9 Å². The van der Waals surface area contributed by atoms with Crippen molar-refractivity contribution < 1.29 is 13.9 Å². The van der Waals surface area contributed by atoms with E-state index in [0.717, 1.165) is 24.5 Å². The first-order valence-electron chi connectivity index (χ1n) is 7.40. The fourth-order valence-electron chi connectivity index (χ4n) is 2.53. The van der Waals surface area contributed by atoms with Crippen LogP contribution in [0.25, 0.3) is 11.2 Å². The maximum absolute atomic E-state index is 12.2. The molecule has 10 heteroatoms. The molecule has 9 nitrogen and oxygen atoms in total. The van der Waals surface area contributed by atoms with Crippen LogP contribution in [0.1, 0.15) is 24.0 Å². The predicted octanol–water partition coefficient (Wildman–Crippen LogP) is 1.33. The molecular formula is C14H13N5O4S. The van der Waals surface area contributed by atoms with Crippen LogP contribution in [0.3, 0.4) is 0 Å². The highest BCUT2D eigenvalue weighted by atomic mass is 32.1. The van der Waals surface area contributed by atoms with E-state index in [2.05, 4.69) is 20.5 Å². The van der Waals surface area contributed by atoms with Crippen molar-refractivity contribution >= 4 is 33.6 Å². The number of nitrogens with zero attached hydrogens (tertiary/aromatic N) is 4. The first-order chi connectivity index (χ1) is 11.7. The average molecular weight is 347 g/mol. The van der Waals surface area contributed by atoms with E-state index in [1.54, 1.807) is 12.1 Å². The highest BCUT2D eigenvalue weighted by molar-refractivity contribution is 7.15. The molecule has 0 saturated carbocycles. The van der Waals surface area contributed by atoms with Crippen molar-refractivity contribution in [1.82, 2.24) is 19.7 Å². The molecule has 124 valence electrons. The molecule has 1 atom stereocenters. The molecule has 4 rings (SSSR count). The van der Waals surface area contributed by atoms with Gasteiger partial charge in [-0.05, 0) is 25.0 Å². The predicted molar refractivity (Wildman–Crippen MR) is 84.7 cm³/mol. The fraction of sp³-hybridized carbons (Fsp3) is 0.357. The first kappa shape index (κ1) is 15.0. The number of hydrogen-bond acceptors (Lipinski definition) is 8. The van der Waals surface area contributed by atoms with Gasteiger partial charge >= 0.3 is 5.76 Å². The van der Waals surface area contributed by atoms with Crippen LogP contribution in [-0.4, -0.2) is 32.3 Å². The van der Waals surface area contributed by atoms with Gasteiger partial charge in [-0.1, -0.05) is 11.3 Å². The molecule has 0 aromatic carbocycles. The van der Waals surface area contributed by atoms with E-state index in [1.807, 2.05) is 0 Å². The van der Waals surface area contributed by atoms with Crippen LogP contribution >= 0.6 is 11.3 Å². The van der Waals surface area contributed by atoms with Gasteiger partial charge in [0, 0.05) is 12.8 Å². The van der Waals surface area contributed by atoms with E-state index in [1.165, 1.54) is 22.1 Å². The van der Waals surface area contributed by atoms with E-state index >= 15 is 0 Å². The summed E-state index contributed by atoms with van der Waals surface area (Å²) in [5.41, 5.74) is 0.668. The van der Waals surface area contributed by atoms with E-state index in [-0.39, 0.29) is 12.6 Å². The quantitative estimate of drug-likeness (QED) is 0.757. The Hall–Kier alpha value is -2.59. The van der Waals surface area contributed by atoms with Crippen molar-refractivity contribution in [2.45, 2.75) is 25.5 Å². The Bertz CT molecular complexity index is 940. The number of hydrogen-bond donors (Lipinski definition) is 1. The maximum Gasteiger partial charge on any atom is 0.421 e. The van der Waals surface area contributed by atoms with Crippen LogP contribution in [-0.2, 0) is 16.1 Å². The zero-order valence-corrected chi connectivity index (χ0v) is 13.3. The minimum Gasteiger partial charge on any atom is -0.406 e. The van der Waals surface area contributed by atoms with Crippen molar-refractivity contribution in [3.8, 4) is 0 Å². The van der Waals surface area contributed by atoms with Crippen LogP contribution < -0.4 is 11.1 Å². The van der Waals surface area contributed by atoms with Gasteiger partial charge in [-0.15, -0.1) is 10.2 Å². The Morgan fingerprint density at radius 3 is 3.21 bits per heavy atom. The third-order valence-electron chi connectivity index (χ3n) is 3.62. The van der Waals surface area contributed by atoms with Gasteiger partial charge in [-0.25, -0.2) is 14.3 Å². The molecule has 0 radical (unpaired) electrons. The van der Waals surface area contributed by atoms with Crippen LogP contribution in [0.4, 0.5) is 5.13 Å². The third-order valence-corrected chi connectivity index (χ3v) is 4.55. The SMILES string of the molecule is O=C(Cn1c(=O)oc2cccnc21)Nc1nnc(C2CCCO2)s1. The normalized spacial score (nSPS) is 17.4. The van der Waals surface area contributed by atoms with Gasteiger partial charge in [0.15, 0.2) is 11.2 Å². The van der Waals surface area contributed by atoms with Gasteiger partial charge in [0.05, 0.1) is 0 Å². The fourth-order valence-corrected chi connectivity index (χ4v) is 3.37. The van der Waals surface area contributed by atoms with E-state index in [4.69, 9.17) is 9.15 Å². The summed E-state index contributed by atoms with van der Waals surface area (Å²) in [6.07, 6.45) is 3.39. The summed E-state index contributed by atoms with van der Waals surface area (Å²) in [6, 6.07) is 3.28. The number of rotatable bonds is 4. The number of amides is 1. The summed E-state index contributed by atoms with van der Waals surface area (Å²) in [4.78, 5) is 28.1. The zero-order chi connectivity index (χ0) is 16.5. The average Bonchev–Trinajstić information content (AvgIpc) is 3.28. The van der Waals surface area contributed by atoms with E-state index in [0.29, 0.717) is 16.4 Å². The number of carbonyl (C=O) groups is 1. The lowest BCUT2D eigenvalue weighted by Crippen LogP contribution is -2.25. The van der Waals surface area contributed by atoms with Crippen LogP contribution in [0.15, 0.2) is 27.5 Å². The Morgan fingerprint density at radius 1 is 1.46 bits per heavy atom. The molecule has 0 bridgehead atoms. The summed E-state index contributed by atoms with van der Waals surface area (Å²) in [6.45, 7) is 0.507. The summed E-state index contributed by atoms with van der Waals surface area (Å²) >= 11 is 1.27. The monoisotopic (exact) mass is 347 g/mol. The van der Waals surface area contributed by atoms with E-state index < -0.39 is 11.7 Å². The number of pyridine rings is 1. The molecule has 3 aromatic rings. The molecule has 0 aliphatic carbocycles. The number of anilines is 1. The molecular weight excluding hydrogens is 334 g/mol. The van der Waals surface area contributed by atoms with Gasteiger partial charge < -0.3 is 9.15 Å². The van der Waals surface area contributed by atoms with Crippen molar-refractivity contribution in [2.75, 3.05) is 11.9 Å². The molecule has 1 unspecified atom stereocenters. The Morgan fingerprint density at radius 2 is 2.38 bits per heavy atom. The van der Waals surface area contributed by atoms with Gasteiger partial charge in [0.25, 0.3) is 0 Å². The standard InChI is InChI=1S/C14H13N5O4S/c20-10(7-19-11-8(23-14(19)21)3-1-5-15-11)16-13-18-17-12(24-13)9-4-2-6-22-9/h1,3,5,9H,2,4,6-7H2,(H,16,18,20). The smallest absolute Gasteiger partial charge is 0.406 e. The first-order valence-corrected chi connectivity index (χ1v) is 8.21. The number of ether oxygens (including phenoxy) is 1.